The van der Waals surface area contributed by atoms with E-state index < -0.39 is 0 Å². The van der Waals surface area contributed by atoms with Crippen molar-refractivity contribution >= 4 is 5.95 Å². The van der Waals surface area contributed by atoms with Crippen LogP contribution in [0.5, 0.6) is 0 Å². The highest BCUT2D eigenvalue weighted by atomic mass is 15.3. The molecule has 0 bridgehead atoms. The van der Waals surface area contributed by atoms with Crippen LogP contribution in [0.4, 0.5) is 5.95 Å². The molecule has 1 aromatic heterocycles. The molecule has 1 fully saturated rings. The molecule has 5 heteroatoms. The molecule has 1 aliphatic heterocycles. The van der Waals surface area contributed by atoms with E-state index in [0.717, 1.165) is 49.8 Å². The fourth-order valence-corrected chi connectivity index (χ4v) is 2.53. The number of nitrogens with zero attached hydrogens (tertiary/aromatic N) is 4. The van der Waals surface area contributed by atoms with Crippen LogP contribution in [0, 0.1) is 5.92 Å². The minimum Gasteiger partial charge on any atom is -0.339 e. The van der Waals surface area contributed by atoms with Crippen molar-refractivity contribution in [2.45, 2.75) is 33.1 Å². The summed E-state index contributed by atoms with van der Waals surface area (Å²) >= 11 is 0. The number of aromatic nitrogens is 3. The number of anilines is 1. The van der Waals surface area contributed by atoms with Gasteiger partial charge in [0.15, 0.2) is 0 Å². The Kier molecular flexibility index (Phi) is 4.47. The topological polar surface area (TPSA) is 53.9 Å². The fraction of sp³-hybridized carbons (Fsp3) is 0.769. The lowest BCUT2D eigenvalue weighted by Crippen LogP contribution is -2.26. The first-order valence-electron chi connectivity index (χ1n) is 6.90. The third-order valence-corrected chi connectivity index (χ3v) is 3.56. The molecule has 2 heterocycles. The van der Waals surface area contributed by atoms with E-state index in [0.29, 0.717) is 5.92 Å². The van der Waals surface area contributed by atoms with E-state index in [4.69, 9.17) is 0 Å². The van der Waals surface area contributed by atoms with Crippen LogP contribution >= 0.6 is 0 Å². The smallest absolute Gasteiger partial charge is 0.245 e. The summed E-state index contributed by atoms with van der Waals surface area (Å²) < 4.78 is 0. The largest absolute Gasteiger partial charge is 0.339 e. The molecule has 1 unspecified atom stereocenters. The molecule has 0 radical (unpaired) electrons. The highest BCUT2D eigenvalue weighted by Gasteiger charge is 2.24. The van der Waals surface area contributed by atoms with Crippen LogP contribution in [0.25, 0.3) is 0 Å². The second kappa shape index (κ2) is 6.09. The van der Waals surface area contributed by atoms with Gasteiger partial charge in [-0.2, -0.15) is 5.10 Å². The van der Waals surface area contributed by atoms with E-state index in [1.807, 2.05) is 7.05 Å². The Hall–Kier alpha value is -1.23. The molecule has 18 heavy (non-hydrogen) atoms. The van der Waals surface area contributed by atoms with Gasteiger partial charge in [0.05, 0.1) is 11.4 Å². The van der Waals surface area contributed by atoms with Crippen molar-refractivity contribution in [2.75, 3.05) is 31.6 Å². The molecular formula is C13H23N5. The quantitative estimate of drug-likeness (QED) is 0.845. The molecule has 1 aromatic rings. The van der Waals surface area contributed by atoms with E-state index in [2.05, 4.69) is 39.2 Å². The van der Waals surface area contributed by atoms with Gasteiger partial charge in [-0.15, -0.1) is 5.10 Å². The van der Waals surface area contributed by atoms with Crippen LogP contribution in [0.2, 0.25) is 0 Å². The second-order valence-corrected chi connectivity index (χ2v) is 4.87. The maximum absolute atomic E-state index is 4.67. The molecule has 0 saturated carbocycles. The van der Waals surface area contributed by atoms with Gasteiger partial charge in [0.2, 0.25) is 5.95 Å². The summed E-state index contributed by atoms with van der Waals surface area (Å²) in [6.07, 6.45) is 3.05. The Morgan fingerprint density at radius 1 is 1.22 bits per heavy atom. The summed E-state index contributed by atoms with van der Waals surface area (Å²) in [5.41, 5.74) is 2.13. The first kappa shape index (κ1) is 13.2. The van der Waals surface area contributed by atoms with Crippen molar-refractivity contribution in [1.82, 2.24) is 20.5 Å². The van der Waals surface area contributed by atoms with Gasteiger partial charge in [-0.1, -0.05) is 13.8 Å². The molecule has 1 atom stereocenters. The number of nitrogens with one attached hydrogen (secondary N) is 1. The van der Waals surface area contributed by atoms with Crippen molar-refractivity contribution in [3.8, 4) is 0 Å². The molecule has 2 rings (SSSR count). The monoisotopic (exact) mass is 249 g/mol. The summed E-state index contributed by atoms with van der Waals surface area (Å²) in [4.78, 5) is 6.93. The first-order valence-corrected chi connectivity index (χ1v) is 6.90. The number of hydrogen-bond acceptors (Lipinski definition) is 5. The molecule has 1 N–H and O–H groups in total. The third-order valence-electron chi connectivity index (χ3n) is 3.56. The van der Waals surface area contributed by atoms with Crippen LogP contribution in [0.3, 0.4) is 0 Å². The van der Waals surface area contributed by atoms with E-state index in [1.54, 1.807) is 0 Å². The molecule has 5 nitrogen and oxygen atoms in total. The van der Waals surface area contributed by atoms with Crippen molar-refractivity contribution in [2.24, 2.45) is 5.92 Å². The van der Waals surface area contributed by atoms with Crippen LogP contribution in [-0.2, 0) is 12.8 Å². The third kappa shape index (κ3) is 2.77. The normalized spacial score (nSPS) is 19.5. The predicted molar refractivity (Wildman–Crippen MR) is 72.8 cm³/mol. The van der Waals surface area contributed by atoms with Crippen molar-refractivity contribution in [3.05, 3.63) is 11.4 Å². The molecule has 0 aliphatic carbocycles. The predicted octanol–water partition coefficient (Wildman–Crippen LogP) is 1.04. The minimum atomic E-state index is 0.703. The standard InChI is InChI=1S/C13H23N5/c1-4-11-12(5-2)16-17-13(15-11)18-7-6-10(9-18)8-14-3/h10,14H,4-9H2,1-3H3. The average molecular weight is 249 g/mol. The van der Waals surface area contributed by atoms with E-state index in [9.17, 15) is 0 Å². The second-order valence-electron chi connectivity index (χ2n) is 4.87. The van der Waals surface area contributed by atoms with E-state index >= 15 is 0 Å². The summed E-state index contributed by atoms with van der Waals surface area (Å²) in [6, 6.07) is 0. The lowest BCUT2D eigenvalue weighted by atomic mass is 10.1. The van der Waals surface area contributed by atoms with Gasteiger partial charge in [0.1, 0.15) is 0 Å². The molecule has 0 spiro atoms. The number of aryl methyl sites for hydroxylation is 2. The molecule has 1 saturated heterocycles. The summed E-state index contributed by atoms with van der Waals surface area (Å²) in [5, 5.41) is 11.8. The van der Waals surface area contributed by atoms with Gasteiger partial charge in [0, 0.05) is 13.1 Å². The summed E-state index contributed by atoms with van der Waals surface area (Å²) in [6.45, 7) is 7.38. The fourth-order valence-electron chi connectivity index (χ4n) is 2.53. The van der Waals surface area contributed by atoms with Crippen LogP contribution < -0.4 is 10.2 Å². The van der Waals surface area contributed by atoms with E-state index in [1.165, 1.54) is 6.42 Å². The minimum absolute atomic E-state index is 0.703. The van der Waals surface area contributed by atoms with Gasteiger partial charge >= 0.3 is 0 Å². The van der Waals surface area contributed by atoms with Crippen molar-refractivity contribution in [3.63, 3.8) is 0 Å². The lowest BCUT2D eigenvalue weighted by molar-refractivity contribution is 0.548. The van der Waals surface area contributed by atoms with Crippen molar-refractivity contribution in [1.29, 1.82) is 0 Å². The maximum atomic E-state index is 4.67. The molecule has 0 amide bonds. The Morgan fingerprint density at radius 3 is 2.67 bits per heavy atom. The van der Waals surface area contributed by atoms with Crippen LogP contribution in [0.15, 0.2) is 0 Å². The Morgan fingerprint density at radius 2 is 2.00 bits per heavy atom. The Labute approximate surface area is 109 Å². The Balaban J connectivity index is 2.10. The van der Waals surface area contributed by atoms with Crippen LogP contribution in [0.1, 0.15) is 31.7 Å². The SMILES string of the molecule is CCc1nnc(N2CCC(CNC)C2)nc1CC. The number of rotatable bonds is 5. The van der Waals surface area contributed by atoms with Crippen molar-refractivity contribution < 1.29 is 0 Å². The van der Waals surface area contributed by atoms with Gasteiger partial charge in [-0.3, -0.25) is 0 Å². The van der Waals surface area contributed by atoms with Gasteiger partial charge < -0.3 is 10.2 Å². The zero-order chi connectivity index (χ0) is 13.0. The molecule has 0 aromatic carbocycles. The zero-order valence-electron chi connectivity index (χ0n) is 11.6. The zero-order valence-corrected chi connectivity index (χ0v) is 11.6. The average Bonchev–Trinajstić information content (AvgIpc) is 2.87. The number of hydrogen-bond donors (Lipinski definition) is 1. The highest BCUT2D eigenvalue weighted by Crippen LogP contribution is 2.20. The molecular weight excluding hydrogens is 226 g/mol. The van der Waals surface area contributed by atoms with Crippen LogP contribution in [-0.4, -0.2) is 41.9 Å². The lowest BCUT2D eigenvalue weighted by Gasteiger charge is -2.17. The molecule has 100 valence electrons. The Bertz CT molecular complexity index is 393. The molecule has 1 aliphatic rings. The highest BCUT2D eigenvalue weighted by molar-refractivity contribution is 5.32. The summed E-state index contributed by atoms with van der Waals surface area (Å²) in [7, 11) is 2.01. The first-order chi connectivity index (χ1) is 8.78. The summed E-state index contributed by atoms with van der Waals surface area (Å²) in [5.74, 6) is 1.51. The van der Waals surface area contributed by atoms with Gasteiger partial charge in [-0.05, 0) is 38.8 Å². The maximum Gasteiger partial charge on any atom is 0.245 e. The van der Waals surface area contributed by atoms with E-state index in [-0.39, 0.29) is 0 Å². The van der Waals surface area contributed by atoms with Gasteiger partial charge in [-0.25, -0.2) is 4.98 Å². The van der Waals surface area contributed by atoms with Gasteiger partial charge in [0.25, 0.3) is 0 Å².